The van der Waals surface area contributed by atoms with Gasteiger partial charge in [-0.05, 0) is 0 Å². The Morgan fingerprint density at radius 1 is 1.56 bits per heavy atom. The molecule has 1 aliphatic rings. The van der Waals surface area contributed by atoms with E-state index in [1.165, 1.54) is 6.33 Å². The van der Waals surface area contributed by atoms with E-state index in [1.54, 1.807) is 25.1 Å². The summed E-state index contributed by atoms with van der Waals surface area (Å²) in [5.74, 6) is 0.710. The number of imidazole rings is 1. The largest absolute Gasteiger partial charge is 0.393 e. The molecule has 2 N–H and O–H groups in total. The van der Waals surface area contributed by atoms with Crippen molar-refractivity contribution >= 4 is 28.7 Å². The van der Waals surface area contributed by atoms with Gasteiger partial charge in [0.05, 0.1) is 19.5 Å². The van der Waals surface area contributed by atoms with Crippen molar-refractivity contribution in [2.45, 2.75) is 10.8 Å². The standard InChI is InChI=1S/C10H13N5O2S/c1-11-9-8-10(13-4-12-9)15(5-14-8)6-3-17-7(2-16)18-6/h4-7,16H,2-3H2,1H3,(H,11,12,13)/t6-,7-/m0/s1. The maximum atomic E-state index is 9.07. The summed E-state index contributed by atoms with van der Waals surface area (Å²) in [6.07, 6.45) is 3.25. The van der Waals surface area contributed by atoms with E-state index in [0.29, 0.717) is 12.4 Å². The van der Waals surface area contributed by atoms with Crippen LogP contribution in [0.1, 0.15) is 5.37 Å². The summed E-state index contributed by atoms with van der Waals surface area (Å²) < 4.78 is 7.41. The van der Waals surface area contributed by atoms with E-state index in [-0.39, 0.29) is 17.4 Å². The first-order valence-electron chi connectivity index (χ1n) is 5.56. The normalized spacial score (nSPS) is 23.7. The Balaban J connectivity index is 1.98. The maximum absolute atomic E-state index is 9.07. The number of ether oxygens (including phenoxy) is 1. The van der Waals surface area contributed by atoms with Gasteiger partial charge >= 0.3 is 0 Å². The number of hydrogen-bond acceptors (Lipinski definition) is 7. The van der Waals surface area contributed by atoms with Gasteiger partial charge < -0.3 is 15.2 Å². The second kappa shape index (κ2) is 4.71. The summed E-state index contributed by atoms with van der Waals surface area (Å²) in [7, 11) is 1.80. The fourth-order valence-electron chi connectivity index (χ4n) is 1.93. The van der Waals surface area contributed by atoms with E-state index in [1.807, 2.05) is 4.57 Å². The zero-order valence-electron chi connectivity index (χ0n) is 9.78. The van der Waals surface area contributed by atoms with E-state index >= 15 is 0 Å². The lowest BCUT2D eigenvalue weighted by Gasteiger charge is -2.09. The number of hydrogen-bond donors (Lipinski definition) is 2. The molecule has 3 rings (SSSR count). The minimum absolute atomic E-state index is 0.0184. The van der Waals surface area contributed by atoms with Crippen LogP contribution in [0.3, 0.4) is 0 Å². The smallest absolute Gasteiger partial charge is 0.166 e. The Bertz CT molecular complexity index is 560. The topological polar surface area (TPSA) is 85.1 Å². The second-order valence-corrected chi connectivity index (χ2v) is 5.17. The molecule has 0 saturated carbocycles. The van der Waals surface area contributed by atoms with Crippen molar-refractivity contribution < 1.29 is 9.84 Å². The van der Waals surface area contributed by atoms with Crippen LogP contribution in [0.15, 0.2) is 12.7 Å². The van der Waals surface area contributed by atoms with E-state index in [0.717, 1.165) is 11.2 Å². The van der Waals surface area contributed by atoms with Crippen LogP contribution in [0, 0.1) is 0 Å². The minimum atomic E-state index is -0.168. The van der Waals surface area contributed by atoms with Gasteiger partial charge in [-0.2, -0.15) is 0 Å². The average molecular weight is 267 g/mol. The van der Waals surface area contributed by atoms with E-state index in [9.17, 15) is 0 Å². The van der Waals surface area contributed by atoms with Crippen LogP contribution in [-0.4, -0.2) is 50.3 Å². The highest BCUT2D eigenvalue weighted by Crippen LogP contribution is 2.36. The lowest BCUT2D eigenvalue weighted by atomic mass is 10.5. The number of anilines is 1. The zero-order chi connectivity index (χ0) is 12.5. The van der Waals surface area contributed by atoms with Gasteiger partial charge in [0.2, 0.25) is 0 Å². The molecule has 1 fully saturated rings. The molecule has 0 unspecified atom stereocenters. The molecule has 1 saturated heterocycles. The van der Waals surface area contributed by atoms with Crippen molar-refractivity contribution in [2.24, 2.45) is 0 Å². The van der Waals surface area contributed by atoms with Crippen LogP contribution >= 0.6 is 11.8 Å². The Hall–Kier alpha value is -1.38. The van der Waals surface area contributed by atoms with Crippen LogP contribution in [0.25, 0.3) is 11.2 Å². The van der Waals surface area contributed by atoms with E-state index in [2.05, 4.69) is 20.3 Å². The number of rotatable bonds is 3. The highest BCUT2D eigenvalue weighted by Gasteiger charge is 2.28. The molecule has 0 aliphatic carbocycles. The van der Waals surface area contributed by atoms with Crippen LogP contribution in [0.2, 0.25) is 0 Å². The number of aromatic nitrogens is 4. The predicted molar refractivity (Wildman–Crippen MR) is 68.3 cm³/mol. The first kappa shape index (κ1) is 11.7. The molecule has 7 nitrogen and oxygen atoms in total. The molecule has 0 aromatic carbocycles. The van der Waals surface area contributed by atoms with Crippen molar-refractivity contribution in [3.05, 3.63) is 12.7 Å². The van der Waals surface area contributed by atoms with Crippen molar-refractivity contribution in [3.8, 4) is 0 Å². The maximum Gasteiger partial charge on any atom is 0.166 e. The fourth-order valence-corrected chi connectivity index (χ4v) is 2.97. The molecule has 0 amide bonds. The van der Waals surface area contributed by atoms with Gasteiger partial charge in [-0.3, -0.25) is 4.57 Å². The SMILES string of the molecule is CNc1ncnc2c1ncn2[C@@H]1CO[C@H](CO)S1. The first-order valence-corrected chi connectivity index (χ1v) is 6.51. The van der Waals surface area contributed by atoms with Crippen LogP contribution in [0.5, 0.6) is 0 Å². The van der Waals surface area contributed by atoms with Crippen molar-refractivity contribution in [2.75, 3.05) is 25.6 Å². The summed E-state index contributed by atoms with van der Waals surface area (Å²) in [5.41, 5.74) is 1.35. The third kappa shape index (κ3) is 1.82. The summed E-state index contributed by atoms with van der Waals surface area (Å²) in [6.45, 7) is 0.560. The first-order chi connectivity index (χ1) is 8.83. The summed E-state index contributed by atoms with van der Waals surface area (Å²) >= 11 is 1.57. The molecule has 2 atom stereocenters. The molecular weight excluding hydrogens is 254 g/mol. The molecule has 18 heavy (non-hydrogen) atoms. The summed E-state index contributed by atoms with van der Waals surface area (Å²) in [4.78, 5) is 12.7. The minimum Gasteiger partial charge on any atom is -0.393 e. The Morgan fingerprint density at radius 3 is 3.17 bits per heavy atom. The zero-order valence-corrected chi connectivity index (χ0v) is 10.6. The van der Waals surface area contributed by atoms with Gasteiger partial charge in [0.1, 0.15) is 22.7 Å². The van der Waals surface area contributed by atoms with Crippen LogP contribution in [0.4, 0.5) is 5.82 Å². The van der Waals surface area contributed by atoms with Gasteiger partial charge in [0.15, 0.2) is 11.5 Å². The molecular formula is C10H13N5O2S. The average Bonchev–Trinajstić information content (AvgIpc) is 3.03. The summed E-state index contributed by atoms with van der Waals surface area (Å²) in [5, 5.41) is 12.1. The molecule has 1 aliphatic heterocycles. The Labute approximate surface area is 108 Å². The fraction of sp³-hybridized carbons (Fsp3) is 0.500. The number of fused-ring (bicyclic) bond motifs is 1. The van der Waals surface area contributed by atoms with Crippen molar-refractivity contribution in [1.29, 1.82) is 0 Å². The lowest BCUT2D eigenvalue weighted by Crippen LogP contribution is -2.05. The van der Waals surface area contributed by atoms with Gasteiger partial charge in [0, 0.05) is 7.05 Å². The molecule has 96 valence electrons. The van der Waals surface area contributed by atoms with Crippen molar-refractivity contribution in [1.82, 2.24) is 19.5 Å². The highest BCUT2D eigenvalue weighted by atomic mass is 32.2. The van der Waals surface area contributed by atoms with E-state index < -0.39 is 0 Å². The molecule has 8 heteroatoms. The molecule has 3 heterocycles. The van der Waals surface area contributed by atoms with Crippen molar-refractivity contribution in [3.63, 3.8) is 0 Å². The quantitative estimate of drug-likeness (QED) is 0.835. The summed E-state index contributed by atoms with van der Waals surface area (Å²) in [6, 6.07) is 0. The molecule has 0 spiro atoms. The number of aliphatic hydroxyl groups excluding tert-OH is 1. The highest BCUT2D eigenvalue weighted by molar-refractivity contribution is 8.00. The number of aliphatic hydroxyl groups is 1. The Morgan fingerprint density at radius 2 is 2.44 bits per heavy atom. The van der Waals surface area contributed by atoms with Gasteiger partial charge in [-0.15, -0.1) is 11.8 Å². The Kier molecular flexibility index (Phi) is 3.06. The van der Waals surface area contributed by atoms with Gasteiger partial charge in [0.25, 0.3) is 0 Å². The van der Waals surface area contributed by atoms with Gasteiger partial charge in [-0.25, -0.2) is 15.0 Å². The molecule has 0 bridgehead atoms. The second-order valence-electron chi connectivity index (χ2n) is 3.83. The predicted octanol–water partition coefficient (Wildman–Crippen LogP) is 0.448. The molecule has 2 aromatic heterocycles. The lowest BCUT2D eigenvalue weighted by molar-refractivity contribution is 0.0810. The third-order valence-corrected chi connectivity index (χ3v) is 4.05. The number of nitrogens with one attached hydrogen (secondary N) is 1. The molecule has 2 aromatic rings. The van der Waals surface area contributed by atoms with Crippen LogP contribution in [-0.2, 0) is 4.74 Å². The van der Waals surface area contributed by atoms with Gasteiger partial charge in [-0.1, -0.05) is 0 Å². The number of thioether (sulfide) groups is 1. The van der Waals surface area contributed by atoms with E-state index in [4.69, 9.17) is 9.84 Å². The monoisotopic (exact) mass is 267 g/mol. The number of nitrogens with zero attached hydrogens (tertiary/aromatic N) is 4. The molecule has 0 radical (unpaired) electrons. The third-order valence-electron chi connectivity index (χ3n) is 2.79. The van der Waals surface area contributed by atoms with Crippen LogP contribution < -0.4 is 5.32 Å².